The molecule has 16 heavy (non-hydrogen) atoms. The lowest BCUT2D eigenvalue weighted by Gasteiger charge is -2.28. The van der Waals surface area contributed by atoms with Crippen molar-refractivity contribution >= 4 is 0 Å². The molecule has 0 amide bonds. The molecule has 0 saturated heterocycles. The number of halogens is 2. The number of hydrogen-bond acceptors (Lipinski definition) is 1. The quantitative estimate of drug-likeness (QED) is 0.822. The molecule has 0 bridgehead atoms. The Bertz CT molecular complexity index is 365. The van der Waals surface area contributed by atoms with Gasteiger partial charge in [-0.1, -0.05) is 18.9 Å². The van der Waals surface area contributed by atoms with E-state index in [0.29, 0.717) is 5.92 Å². The summed E-state index contributed by atoms with van der Waals surface area (Å²) in [4.78, 5) is 0. The van der Waals surface area contributed by atoms with E-state index in [0.717, 1.165) is 24.8 Å². The fraction of sp³-hybridized carbons (Fsp3) is 0.538. The van der Waals surface area contributed by atoms with Crippen LogP contribution < -0.4 is 5.73 Å². The first-order chi connectivity index (χ1) is 7.66. The topological polar surface area (TPSA) is 26.0 Å². The summed E-state index contributed by atoms with van der Waals surface area (Å²) in [6, 6.07) is 4.34. The zero-order valence-electron chi connectivity index (χ0n) is 9.26. The number of benzene rings is 1. The van der Waals surface area contributed by atoms with Gasteiger partial charge in [-0.25, -0.2) is 8.78 Å². The van der Waals surface area contributed by atoms with Gasteiger partial charge in [0.1, 0.15) is 0 Å². The van der Waals surface area contributed by atoms with E-state index in [1.54, 1.807) is 6.07 Å². The summed E-state index contributed by atoms with van der Waals surface area (Å²) >= 11 is 0. The molecule has 2 atom stereocenters. The minimum atomic E-state index is -0.781. The van der Waals surface area contributed by atoms with E-state index in [-0.39, 0.29) is 6.04 Å². The number of rotatable bonds is 2. The minimum Gasteiger partial charge on any atom is -0.327 e. The van der Waals surface area contributed by atoms with E-state index in [4.69, 9.17) is 5.73 Å². The molecule has 1 aliphatic carbocycles. The molecule has 2 rings (SSSR count). The molecule has 2 N–H and O–H groups in total. The molecule has 0 radical (unpaired) electrons. The maximum atomic E-state index is 13.0. The van der Waals surface area contributed by atoms with Crippen molar-refractivity contribution in [2.45, 2.75) is 38.1 Å². The Morgan fingerprint density at radius 1 is 1.12 bits per heavy atom. The van der Waals surface area contributed by atoms with E-state index >= 15 is 0 Å². The van der Waals surface area contributed by atoms with Crippen molar-refractivity contribution in [3.05, 3.63) is 35.4 Å². The monoisotopic (exact) mass is 225 g/mol. The lowest BCUT2D eigenvalue weighted by Crippen LogP contribution is -2.34. The van der Waals surface area contributed by atoms with Gasteiger partial charge in [-0.3, -0.25) is 0 Å². The van der Waals surface area contributed by atoms with Gasteiger partial charge in [-0.15, -0.1) is 0 Å². The van der Waals surface area contributed by atoms with Crippen molar-refractivity contribution < 1.29 is 8.78 Å². The van der Waals surface area contributed by atoms with Gasteiger partial charge in [0.05, 0.1) is 0 Å². The van der Waals surface area contributed by atoms with Crippen molar-refractivity contribution in [3.8, 4) is 0 Å². The number of nitrogens with two attached hydrogens (primary N) is 1. The molecule has 1 fully saturated rings. The summed E-state index contributed by atoms with van der Waals surface area (Å²) in [6.07, 6.45) is 5.30. The number of hydrogen-bond donors (Lipinski definition) is 1. The Labute approximate surface area is 94.7 Å². The third kappa shape index (κ3) is 2.59. The molecule has 0 heterocycles. The van der Waals surface area contributed by atoms with E-state index in [9.17, 15) is 8.78 Å². The summed E-state index contributed by atoms with van der Waals surface area (Å²) in [5.41, 5.74) is 6.88. The molecule has 2 unspecified atom stereocenters. The fourth-order valence-electron chi connectivity index (χ4n) is 2.46. The van der Waals surface area contributed by atoms with Gasteiger partial charge >= 0.3 is 0 Å². The van der Waals surface area contributed by atoms with Gasteiger partial charge < -0.3 is 5.73 Å². The lowest BCUT2D eigenvalue weighted by atomic mass is 9.81. The summed E-state index contributed by atoms with van der Waals surface area (Å²) in [6.45, 7) is 0. The van der Waals surface area contributed by atoms with Crippen LogP contribution in [0, 0.1) is 17.6 Å². The molecular formula is C13H17F2N. The van der Waals surface area contributed by atoms with Crippen LogP contribution in [0.5, 0.6) is 0 Å². The van der Waals surface area contributed by atoms with Crippen molar-refractivity contribution in [3.63, 3.8) is 0 Å². The molecule has 1 nitrogen and oxygen atoms in total. The smallest absolute Gasteiger partial charge is 0.159 e. The second-order valence-electron chi connectivity index (χ2n) is 4.66. The summed E-state index contributed by atoms with van der Waals surface area (Å²) in [5, 5.41) is 0. The molecule has 1 aromatic rings. The third-order valence-electron chi connectivity index (χ3n) is 3.45. The minimum absolute atomic E-state index is 0.210. The van der Waals surface area contributed by atoms with E-state index in [1.807, 2.05) is 0 Å². The van der Waals surface area contributed by atoms with Gasteiger partial charge in [-0.2, -0.15) is 0 Å². The molecule has 1 saturated carbocycles. The van der Waals surface area contributed by atoms with E-state index in [1.165, 1.54) is 25.0 Å². The SMILES string of the molecule is NC1CCCCC1Cc1ccc(F)c(F)c1. The molecule has 1 aliphatic rings. The second-order valence-corrected chi connectivity index (χ2v) is 4.66. The highest BCUT2D eigenvalue weighted by Gasteiger charge is 2.22. The summed E-state index contributed by atoms with van der Waals surface area (Å²) in [5.74, 6) is -1.13. The van der Waals surface area contributed by atoms with Crippen LogP contribution in [0.3, 0.4) is 0 Å². The van der Waals surface area contributed by atoms with Crippen LogP contribution in [0.25, 0.3) is 0 Å². The van der Waals surface area contributed by atoms with Gasteiger partial charge in [0, 0.05) is 6.04 Å². The largest absolute Gasteiger partial charge is 0.327 e. The van der Waals surface area contributed by atoms with Crippen LogP contribution >= 0.6 is 0 Å². The van der Waals surface area contributed by atoms with E-state index in [2.05, 4.69) is 0 Å². The molecule has 0 spiro atoms. The van der Waals surface area contributed by atoms with Crippen molar-refractivity contribution in [2.24, 2.45) is 11.7 Å². The molecule has 0 aliphatic heterocycles. The zero-order chi connectivity index (χ0) is 11.5. The standard InChI is InChI=1S/C13H17F2N/c14-11-6-5-9(8-12(11)15)7-10-3-1-2-4-13(10)16/h5-6,8,10,13H,1-4,7,16H2. The Morgan fingerprint density at radius 3 is 2.56 bits per heavy atom. The maximum Gasteiger partial charge on any atom is 0.159 e. The first-order valence-electron chi connectivity index (χ1n) is 5.86. The average molecular weight is 225 g/mol. The molecular weight excluding hydrogens is 208 g/mol. The summed E-state index contributed by atoms with van der Waals surface area (Å²) in [7, 11) is 0. The third-order valence-corrected chi connectivity index (χ3v) is 3.45. The maximum absolute atomic E-state index is 13.0. The van der Waals surface area contributed by atoms with Gasteiger partial charge in [0.15, 0.2) is 11.6 Å². The highest BCUT2D eigenvalue weighted by molar-refractivity contribution is 5.18. The Hall–Kier alpha value is -0.960. The first-order valence-corrected chi connectivity index (χ1v) is 5.86. The molecule has 0 aromatic heterocycles. The average Bonchev–Trinajstić information content (AvgIpc) is 2.27. The fourth-order valence-corrected chi connectivity index (χ4v) is 2.46. The van der Waals surface area contributed by atoms with Crippen molar-refractivity contribution in [1.82, 2.24) is 0 Å². The predicted molar refractivity (Wildman–Crippen MR) is 60.0 cm³/mol. The van der Waals surface area contributed by atoms with Crippen LogP contribution in [0.4, 0.5) is 8.78 Å². The highest BCUT2D eigenvalue weighted by atomic mass is 19.2. The Balaban J connectivity index is 2.05. The van der Waals surface area contributed by atoms with Gasteiger partial charge in [0.2, 0.25) is 0 Å². The van der Waals surface area contributed by atoms with E-state index < -0.39 is 11.6 Å². The van der Waals surface area contributed by atoms with Crippen molar-refractivity contribution in [1.29, 1.82) is 0 Å². The molecule has 3 heteroatoms. The van der Waals surface area contributed by atoms with Gasteiger partial charge in [-0.05, 0) is 42.9 Å². The second kappa shape index (κ2) is 4.91. The van der Waals surface area contributed by atoms with Gasteiger partial charge in [0.25, 0.3) is 0 Å². The molecule has 88 valence electrons. The van der Waals surface area contributed by atoms with Crippen LogP contribution in [-0.4, -0.2) is 6.04 Å². The van der Waals surface area contributed by atoms with Crippen molar-refractivity contribution in [2.75, 3.05) is 0 Å². The van der Waals surface area contributed by atoms with Crippen LogP contribution in [0.15, 0.2) is 18.2 Å². The molecule has 1 aromatic carbocycles. The lowest BCUT2D eigenvalue weighted by molar-refractivity contribution is 0.306. The Kier molecular flexibility index (Phi) is 3.54. The normalized spacial score (nSPS) is 25.7. The van der Waals surface area contributed by atoms with Crippen LogP contribution in [0.1, 0.15) is 31.2 Å². The zero-order valence-corrected chi connectivity index (χ0v) is 9.26. The summed E-state index contributed by atoms with van der Waals surface area (Å²) < 4.78 is 25.8. The van der Waals surface area contributed by atoms with Crippen LogP contribution in [-0.2, 0) is 6.42 Å². The Morgan fingerprint density at radius 2 is 1.88 bits per heavy atom. The highest BCUT2D eigenvalue weighted by Crippen LogP contribution is 2.26. The van der Waals surface area contributed by atoms with Crippen LogP contribution in [0.2, 0.25) is 0 Å². The predicted octanol–water partition coefficient (Wildman–Crippen LogP) is 3.02. The first kappa shape index (κ1) is 11.5.